The second-order valence-electron chi connectivity index (χ2n) is 4.09. The number of Topliss-reactive ketones (excluding diaryl/α,β-unsaturated/α-hetero) is 1. The summed E-state index contributed by atoms with van der Waals surface area (Å²) < 4.78 is 5.62. The molecule has 0 bridgehead atoms. The smallest absolute Gasteiger partial charge is 0.182 e. The van der Waals surface area contributed by atoms with Crippen LogP contribution < -0.4 is 4.74 Å². The van der Waals surface area contributed by atoms with E-state index in [1.807, 2.05) is 0 Å². The quantitative estimate of drug-likeness (QED) is 0.527. The molecule has 0 unspecified atom stereocenters. The fourth-order valence-corrected chi connectivity index (χ4v) is 1.78. The summed E-state index contributed by atoms with van der Waals surface area (Å²) in [6, 6.07) is 13.7. The summed E-state index contributed by atoms with van der Waals surface area (Å²) in [6.07, 6.45) is 0. The Morgan fingerprint density at radius 3 is 2.00 bits per heavy atom. The van der Waals surface area contributed by atoms with Crippen molar-refractivity contribution in [3.63, 3.8) is 0 Å². The van der Waals surface area contributed by atoms with Gasteiger partial charge in [0.05, 0.1) is 0 Å². The molecule has 0 amide bonds. The minimum absolute atomic E-state index is 0.0167. The van der Waals surface area contributed by atoms with Gasteiger partial charge in [-0.25, -0.2) is 0 Å². The summed E-state index contributed by atoms with van der Waals surface area (Å²) in [6.45, 7) is 1.34. The van der Waals surface area contributed by atoms with Crippen LogP contribution in [0.1, 0.15) is 12.5 Å². The van der Waals surface area contributed by atoms with Crippen LogP contribution in [-0.2, 0) is 4.79 Å². The van der Waals surface area contributed by atoms with Gasteiger partial charge in [-0.05, 0) is 48.5 Å². The lowest BCUT2D eigenvalue weighted by Crippen LogP contribution is -2.11. The highest BCUT2D eigenvalue weighted by molar-refractivity contribution is 6.45. The van der Waals surface area contributed by atoms with Gasteiger partial charge in [0.25, 0.3) is 0 Å². The van der Waals surface area contributed by atoms with Crippen LogP contribution in [0.5, 0.6) is 11.5 Å². The Balaban J connectivity index is 2.16. The number of halogens is 1. The molecule has 0 radical (unpaired) electrons. The van der Waals surface area contributed by atoms with Crippen molar-refractivity contribution in [2.45, 2.75) is 6.92 Å². The van der Waals surface area contributed by atoms with Crippen LogP contribution in [0.4, 0.5) is 0 Å². The van der Waals surface area contributed by atoms with E-state index in [1.54, 1.807) is 48.5 Å². The van der Waals surface area contributed by atoms with Crippen molar-refractivity contribution >= 4 is 23.1 Å². The molecule has 0 fully saturated rings. The van der Waals surface area contributed by atoms with Crippen molar-refractivity contribution in [1.29, 1.82) is 0 Å². The third-order valence-electron chi connectivity index (χ3n) is 2.61. The molecule has 0 spiro atoms. The SMILES string of the molecule is CC(=O)C(=NO)c1ccc(Oc2ccc(Cl)cc2)cc1. The van der Waals surface area contributed by atoms with E-state index in [4.69, 9.17) is 21.5 Å². The zero-order valence-corrected chi connectivity index (χ0v) is 11.5. The number of oxime groups is 1. The van der Waals surface area contributed by atoms with Gasteiger partial charge in [0.2, 0.25) is 0 Å². The van der Waals surface area contributed by atoms with E-state index >= 15 is 0 Å². The van der Waals surface area contributed by atoms with Crippen molar-refractivity contribution in [2.75, 3.05) is 0 Å². The van der Waals surface area contributed by atoms with Crippen molar-refractivity contribution in [2.24, 2.45) is 5.16 Å². The van der Waals surface area contributed by atoms with Gasteiger partial charge < -0.3 is 9.94 Å². The summed E-state index contributed by atoms with van der Waals surface area (Å²) >= 11 is 5.79. The topological polar surface area (TPSA) is 58.9 Å². The molecule has 2 aromatic carbocycles. The maximum atomic E-state index is 11.2. The fourth-order valence-electron chi connectivity index (χ4n) is 1.65. The molecule has 4 nitrogen and oxygen atoms in total. The maximum absolute atomic E-state index is 11.2. The average molecular weight is 290 g/mol. The summed E-state index contributed by atoms with van der Waals surface area (Å²) in [7, 11) is 0. The first-order valence-corrected chi connectivity index (χ1v) is 6.25. The summed E-state index contributed by atoms with van der Waals surface area (Å²) in [4.78, 5) is 11.2. The molecule has 0 aliphatic heterocycles. The van der Waals surface area contributed by atoms with Crippen LogP contribution in [0.25, 0.3) is 0 Å². The summed E-state index contributed by atoms with van der Waals surface area (Å²) in [5.74, 6) is 0.959. The van der Waals surface area contributed by atoms with E-state index in [-0.39, 0.29) is 11.5 Å². The van der Waals surface area contributed by atoms with Crippen LogP contribution in [-0.4, -0.2) is 16.7 Å². The van der Waals surface area contributed by atoms with Gasteiger partial charge in [0.1, 0.15) is 11.5 Å². The van der Waals surface area contributed by atoms with Gasteiger partial charge in [-0.1, -0.05) is 16.8 Å². The zero-order chi connectivity index (χ0) is 14.5. The van der Waals surface area contributed by atoms with Crippen LogP contribution >= 0.6 is 11.6 Å². The van der Waals surface area contributed by atoms with Crippen LogP contribution in [0.3, 0.4) is 0 Å². The number of carbonyl (C=O) groups is 1. The Morgan fingerprint density at radius 1 is 1.05 bits per heavy atom. The monoisotopic (exact) mass is 289 g/mol. The molecule has 1 N–H and O–H groups in total. The summed E-state index contributed by atoms with van der Waals surface area (Å²) in [5, 5.41) is 12.4. The predicted molar refractivity (Wildman–Crippen MR) is 77.0 cm³/mol. The molecular formula is C15H12ClNO3. The second kappa shape index (κ2) is 6.21. The largest absolute Gasteiger partial charge is 0.457 e. The number of carbonyl (C=O) groups excluding carboxylic acids is 1. The fraction of sp³-hybridized carbons (Fsp3) is 0.0667. The standard InChI is InChI=1S/C15H12ClNO3/c1-10(18)15(17-19)11-2-6-13(7-3-11)20-14-8-4-12(16)5-9-14/h2-9,19H,1H3. The van der Waals surface area contributed by atoms with E-state index in [1.165, 1.54) is 6.92 Å². The number of benzene rings is 2. The number of hydrogen-bond donors (Lipinski definition) is 1. The minimum atomic E-state index is -0.307. The molecule has 2 aromatic rings. The van der Waals surface area contributed by atoms with Gasteiger partial charge in [-0.15, -0.1) is 0 Å². The Kier molecular flexibility index (Phi) is 4.38. The Morgan fingerprint density at radius 2 is 1.55 bits per heavy atom. The lowest BCUT2D eigenvalue weighted by atomic mass is 10.1. The molecule has 0 aromatic heterocycles. The van der Waals surface area contributed by atoms with E-state index in [2.05, 4.69) is 5.16 Å². The highest BCUT2D eigenvalue weighted by atomic mass is 35.5. The highest BCUT2D eigenvalue weighted by Gasteiger charge is 2.09. The molecule has 5 heteroatoms. The molecule has 0 saturated carbocycles. The van der Waals surface area contributed by atoms with Gasteiger partial charge in [0, 0.05) is 17.5 Å². The molecule has 0 aliphatic carbocycles. The zero-order valence-electron chi connectivity index (χ0n) is 10.7. The first kappa shape index (κ1) is 14.1. The molecule has 102 valence electrons. The second-order valence-corrected chi connectivity index (χ2v) is 4.52. The van der Waals surface area contributed by atoms with E-state index < -0.39 is 0 Å². The van der Waals surface area contributed by atoms with Gasteiger partial charge in [0.15, 0.2) is 11.5 Å². The van der Waals surface area contributed by atoms with E-state index in [9.17, 15) is 4.79 Å². The van der Waals surface area contributed by atoms with E-state index in [0.717, 1.165) is 0 Å². The number of rotatable bonds is 4. The highest BCUT2D eigenvalue weighted by Crippen LogP contribution is 2.23. The average Bonchev–Trinajstić information content (AvgIpc) is 2.44. The first-order chi connectivity index (χ1) is 9.60. The lowest BCUT2D eigenvalue weighted by Gasteiger charge is -2.07. The first-order valence-electron chi connectivity index (χ1n) is 5.87. The summed E-state index contributed by atoms with van der Waals surface area (Å²) in [5.41, 5.74) is 0.548. The molecule has 0 aliphatic rings. The van der Waals surface area contributed by atoms with Gasteiger partial charge >= 0.3 is 0 Å². The normalized spacial score (nSPS) is 11.2. The van der Waals surface area contributed by atoms with Crippen LogP contribution in [0.15, 0.2) is 53.7 Å². The van der Waals surface area contributed by atoms with Crippen LogP contribution in [0, 0.1) is 0 Å². The predicted octanol–water partition coefficient (Wildman–Crippen LogP) is 3.90. The Labute approximate surface area is 121 Å². The number of ether oxygens (including phenoxy) is 1. The Bertz CT molecular complexity index is 633. The van der Waals surface area contributed by atoms with Crippen molar-refractivity contribution in [3.8, 4) is 11.5 Å². The minimum Gasteiger partial charge on any atom is -0.457 e. The molecule has 0 heterocycles. The van der Waals surface area contributed by atoms with Crippen molar-refractivity contribution < 1.29 is 14.7 Å². The van der Waals surface area contributed by atoms with Crippen LogP contribution in [0.2, 0.25) is 5.02 Å². The van der Waals surface area contributed by atoms with Gasteiger partial charge in [-0.3, -0.25) is 4.79 Å². The van der Waals surface area contributed by atoms with Crippen molar-refractivity contribution in [1.82, 2.24) is 0 Å². The maximum Gasteiger partial charge on any atom is 0.182 e. The number of nitrogens with zero attached hydrogens (tertiary/aromatic N) is 1. The van der Waals surface area contributed by atoms with E-state index in [0.29, 0.717) is 22.1 Å². The molecule has 0 atom stereocenters. The molecule has 0 saturated heterocycles. The third-order valence-corrected chi connectivity index (χ3v) is 2.86. The van der Waals surface area contributed by atoms with Gasteiger partial charge in [-0.2, -0.15) is 0 Å². The number of ketones is 1. The molecular weight excluding hydrogens is 278 g/mol. The van der Waals surface area contributed by atoms with Crippen molar-refractivity contribution in [3.05, 3.63) is 59.1 Å². The third kappa shape index (κ3) is 3.36. The molecule has 2 rings (SSSR count). The Hall–Kier alpha value is -2.33. The number of hydrogen-bond acceptors (Lipinski definition) is 4. The lowest BCUT2D eigenvalue weighted by molar-refractivity contribution is -0.111. The molecule has 20 heavy (non-hydrogen) atoms.